The highest BCUT2D eigenvalue weighted by Gasteiger charge is 2.12. The fourth-order valence-corrected chi connectivity index (χ4v) is 5.00. The molecule has 0 radical (unpaired) electrons. The highest BCUT2D eigenvalue weighted by molar-refractivity contribution is 8.01. The summed E-state index contributed by atoms with van der Waals surface area (Å²) in [6.45, 7) is 2.77. The maximum atomic E-state index is 12.4. The molecule has 0 saturated carbocycles. The van der Waals surface area contributed by atoms with Gasteiger partial charge in [0.05, 0.1) is 10.6 Å². The maximum absolute atomic E-state index is 12.4. The van der Waals surface area contributed by atoms with E-state index in [9.17, 15) is 9.59 Å². The molecule has 0 bridgehead atoms. The van der Waals surface area contributed by atoms with Gasteiger partial charge >= 0.3 is 0 Å². The van der Waals surface area contributed by atoms with Crippen molar-refractivity contribution in [3.8, 4) is 0 Å². The molecule has 0 aliphatic rings. The summed E-state index contributed by atoms with van der Waals surface area (Å²) >= 11 is 4.33. The van der Waals surface area contributed by atoms with E-state index < -0.39 is 0 Å². The number of thioether (sulfide) groups is 1. The minimum absolute atomic E-state index is 0.0426. The molecular weight excluding hydrogens is 412 g/mol. The molecule has 0 aliphatic heterocycles. The van der Waals surface area contributed by atoms with Crippen LogP contribution >= 0.6 is 34.4 Å². The normalized spacial score (nSPS) is 10.6. The average molecular weight is 433 g/mol. The van der Waals surface area contributed by atoms with Crippen molar-refractivity contribution in [2.75, 3.05) is 17.6 Å². The van der Waals surface area contributed by atoms with Crippen molar-refractivity contribution in [1.82, 2.24) is 15.5 Å². The predicted octanol–water partition coefficient (Wildman–Crippen LogP) is 3.87. The van der Waals surface area contributed by atoms with Crippen LogP contribution in [-0.2, 0) is 17.8 Å². The van der Waals surface area contributed by atoms with Crippen LogP contribution < -0.4 is 10.6 Å². The van der Waals surface area contributed by atoms with Gasteiger partial charge in [0.25, 0.3) is 0 Å². The number of aromatic nitrogens is 2. The van der Waals surface area contributed by atoms with E-state index >= 15 is 0 Å². The number of anilines is 1. The van der Waals surface area contributed by atoms with E-state index in [4.69, 9.17) is 0 Å². The Hall–Kier alpha value is -2.23. The van der Waals surface area contributed by atoms with E-state index in [1.165, 1.54) is 46.9 Å². The topological polar surface area (TPSA) is 84.0 Å². The zero-order valence-electron chi connectivity index (χ0n) is 15.3. The summed E-state index contributed by atoms with van der Waals surface area (Å²) in [5.74, 6) is 0.368. The Morgan fingerprint density at radius 3 is 2.68 bits per heavy atom. The molecule has 9 heteroatoms. The van der Waals surface area contributed by atoms with Gasteiger partial charge < -0.3 is 10.6 Å². The molecule has 3 aromatic rings. The molecule has 6 nitrogen and oxygen atoms in total. The summed E-state index contributed by atoms with van der Waals surface area (Å²) in [7, 11) is 0. The zero-order valence-corrected chi connectivity index (χ0v) is 17.8. The molecule has 0 aliphatic carbocycles. The number of rotatable bonds is 10. The molecule has 0 spiro atoms. The summed E-state index contributed by atoms with van der Waals surface area (Å²) in [6.07, 6.45) is 0.734. The van der Waals surface area contributed by atoms with Gasteiger partial charge in [-0.2, -0.15) is 0 Å². The van der Waals surface area contributed by atoms with Crippen molar-refractivity contribution in [1.29, 1.82) is 0 Å². The van der Waals surface area contributed by atoms with Gasteiger partial charge in [-0.15, -0.1) is 21.5 Å². The second-order valence-electron chi connectivity index (χ2n) is 5.92. The highest BCUT2D eigenvalue weighted by atomic mass is 32.2. The standard InChI is InChI=1S/C19H20N4O2S3/c1-13(24)20-10-9-15-7-8-17(27-15)16(25)12-26-19-23-22-18(28-19)21-11-14-5-3-2-4-6-14/h2-8H,9-12H2,1H3,(H,20,24)(H,21,22). The van der Waals surface area contributed by atoms with Crippen molar-refractivity contribution in [2.24, 2.45) is 0 Å². The van der Waals surface area contributed by atoms with Crippen LogP contribution in [0.2, 0.25) is 0 Å². The number of hydrogen-bond donors (Lipinski definition) is 2. The molecule has 2 heterocycles. The lowest BCUT2D eigenvalue weighted by Gasteiger charge is -2.00. The molecule has 0 saturated heterocycles. The van der Waals surface area contributed by atoms with Crippen molar-refractivity contribution < 1.29 is 9.59 Å². The molecule has 146 valence electrons. The van der Waals surface area contributed by atoms with Crippen LogP contribution in [0.25, 0.3) is 0 Å². The molecule has 0 unspecified atom stereocenters. The fourth-order valence-electron chi connectivity index (χ4n) is 2.34. The van der Waals surface area contributed by atoms with Crippen LogP contribution in [0.1, 0.15) is 27.0 Å². The largest absolute Gasteiger partial charge is 0.356 e. The van der Waals surface area contributed by atoms with Crippen LogP contribution in [-0.4, -0.2) is 34.2 Å². The highest BCUT2D eigenvalue weighted by Crippen LogP contribution is 2.27. The van der Waals surface area contributed by atoms with Gasteiger partial charge in [-0.05, 0) is 24.1 Å². The molecule has 3 rings (SSSR count). The van der Waals surface area contributed by atoms with Gasteiger partial charge in [0.15, 0.2) is 10.1 Å². The number of thiophene rings is 1. The number of carbonyl (C=O) groups excluding carboxylic acids is 2. The Morgan fingerprint density at radius 1 is 1.07 bits per heavy atom. The summed E-state index contributed by atoms with van der Waals surface area (Å²) in [5.41, 5.74) is 1.18. The quantitative estimate of drug-likeness (QED) is 0.374. The third-order valence-corrected chi connectivity index (χ3v) is 6.90. The van der Waals surface area contributed by atoms with Gasteiger partial charge in [0.1, 0.15) is 0 Å². The molecule has 2 aromatic heterocycles. The lowest BCUT2D eigenvalue weighted by atomic mass is 10.2. The number of hydrogen-bond acceptors (Lipinski definition) is 8. The summed E-state index contributed by atoms with van der Waals surface area (Å²) < 4.78 is 0.770. The fraction of sp³-hybridized carbons (Fsp3) is 0.263. The van der Waals surface area contributed by atoms with E-state index in [-0.39, 0.29) is 11.7 Å². The third kappa shape index (κ3) is 6.43. The first-order valence-electron chi connectivity index (χ1n) is 8.70. The molecule has 0 atom stereocenters. The monoisotopic (exact) mass is 432 g/mol. The molecule has 28 heavy (non-hydrogen) atoms. The van der Waals surface area contributed by atoms with Gasteiger partial charge in [0, 0.05) is 24.9 Å². The Bertz CT molecular complexity index is 924. The predicted molar refractivity (Wildman–Crippen MR) is 115 cm³/mol. The number of benzene rings is 1. The van der Waals surface area contributed by atoms with Crippen molar-refractivity contribution in [3.63, 3.8) is 0 Å². The van der Waals surface area contributed by atoms with Crippen LogP contribution in [0.3, 0.4) is 0 Å². The van der Waals surface area contributed by atoms with E-state index in [0.717, 1.165) is 25.6 Å². The lowest BCUT2D eigenvalue weighted by molar-refractivity contribution is -0.118. The summed E-state index contributed by atoms with van der Waals surface area (Å²) in [4.78, 5) is 25.1. The van der Waals surface area contributed by atoms with Crippen LogP contribution in [0.4, 0.5) is 5.13 Å². The Balaban J connectivity index is 1.44. The number of Topliss-reactive ketones (excluding diaryl/α,β-unsaturated/α-hetero) is 1. The van der Waals surface area contributed by atoms with Crippen LogP contribution in [0.5, 0.6) is 0 Å². The molecule has 1 aromatic carbocycles. The van der Waals surface area contributed by atoms with E-state index in [1.54, 1.807) is 0 Å². The molecule has 1 amide bonds. The smallest absolute Gasteiger partial charge is 0.216 e. The van der Waals surface area contributed by atoms with E-state index in [1.807, 2.05) is 42.5 Å². The zero-order chi connectivity index (χ0) is 19.8. The van der Waals surface area contributed by atoms with E-state index in [0.29, 0.717) is 18.8 Å². The molecule has 2 N–H and O–H groups in total. The van der Waals surface area contributed by atoms with Crippen LogP contribution in [0.15, 0.2) is 46.8 Å². The number of nitrogens with zero attached hydrogens (tertiary/aromatic N) is 2. The number of amides is 1. The Labute approximate surface area is 175 Å². The average Bonchev–Trinajstić information content (AvgIpc) is 3.35. The van der Waals surface area contributed by atoms with Gasteiger partial charge in [-0.25, -0.2) is 0 Å². The van der Waals surface area contributed by atoms with Gasteiger partial charge in [-0.1, -0.05) is 53.4 Å². The Morgan fingerprint density at radius 2 is 1.89 bits per heavy atom. The third-order valence-electron chi connectivity index (χ3n) is 3.70. The number of carbonyl (C=O) groups is 2. The summed E-state index contributed by atoms with van der Waals surface area (Å²) in [6, 6.07) is 13.9. The second kappa shape index (κ2) is 10.4. The van der Waals surface area contributed by atoms with Gasteiger partial charge in [-0.3, -0.25) is 9.59 Å². The van der Waals surface area contributed by atoms with E-state index in [2.05, 4.69) is 20.8 Å². The minimum atomic E-state index is -0.0426. The summed E-state index contributed by atoms with van der Waals surface area (Å²) in [5, 5.41) is 15.0. The first-order valence-corrected chi connectivity index (χ1v) is 11.3. The SMILES string of the molecule is CC(=O)NCCc1ccc(C(=O)CSc2nnc(NCc3ccccc3)s2)s1. The number of nitrogens with one attached hydrogen (secondary N) is 2. The van der Waals surface area contributed by atoms with Crippen LogP contribution in [0, 0.1) is 0 Å². The lowest BCUT2D eigenvalue weighted by Crippen LogP contribution is -2.22. The number of ketones is 1. The van der Waals surface area contributed by atoms with Gasteiger partial charge in [0.2, 0.25) is 11.0 Å². The molecular formula is C19H20N4O2S3. The first-order chi connectivity index (χ1) is 13.6. The maximum Gasteiger partial charge on any atom is 0.216 e. The molecule has 0 fully saturated rings. The van der Waals surface area contributed by atoms with Crippen molar-refractivity contribution in [3.05, 3.63) is 57.8 Å². The minimum Gasteiger partial charge on any atom is -0.356 e. The Kier molecular flexibility index (Phi) is 7.58. The first kappa shape index (κ1) is 20.5. The van der Waals surface area contributed by atoms with Crippen molar-refractivity contribution >= 4 is 51.3 Å². The second-order valence-corrected chi connectivity index (χ2v) is 9.29. The van der Waals surface area contributed by atoms with Crippen molar-refractivity contribution in [2.45, 2.75) is 24.2 Å².